The molecule has 2 saturated carbocycles. The number of aliphatic hydroxyl groups excluding tert-OH is 2. The first kappa shape index (κ1) is 21.3. The fourth-order valence-corrected chi connectivity index (χ4v) is 6.01. The van der Waals surface area contributed by atoms with Gasteiger partial charge in [0.05, 0.1) is 12.2 Å². The minimum absolute atomic E-state index is 0.0990. The lowest BCUT2D eigenvalue weighted by Crippen LogP contribution is -2.32. The molecule has 3 N–H and O–H groups in total. The smallest absolute Gasteiger partial charge is 0.303 e. The zero-order chi connectivity index (χ0) is 21.3. The number of aliphatic carboxylic acids is 1. The highest BCUT2D eigenvalue weighted by Crippen LogP contribution is 2.51. The molecule has 0 radical (unpaired) electrons. The zero-order valence-corrected chi connectivity index (χ0v) is 17.8. The lowest BCUT2D eigenvalue weighted by atomic mass is 9.80. The molecule has 4 nitrogen and oxygen atoms in total. The van der Waals surface area contributed by atoms with E-state index >= 15 is 0 Å². The van der Waals surface area contributed by atoms with Gasteiger partial charge in [0.1, 0.15) is 0 Å². The van der Waals surface area contributed by atoms with Gasteiger partial charge in [0.15, 0.2) is 0 Å². The second kappa shape index (κ2) is 8.68. The van der Waals surface area contributed by atoms with Crippen molar-refractivity contribution in [3.8, 4) is 0 Å². The molecular formula is C26H34O4. The fraction of sp³-hybridized carbons (Fsp3) is 0.577. The van der Waals surface area contributed by atoms with E-state index in [9.17, 15) is 15.0 Å². The Hall–Kier alpha value is -1.91. The van der Waals surface area contributed by atoms with Gasteiger partial charge in [0, 0.05) is 17.8 Å². The van der Waals surface area contributed by atoms with Crippen LogP contribution in [0, 0.1) is 23.2 Å². The van der Waals surface area contributed by atoms with Crippen LogP contribution in [0.15, 0.2) is 48.1 Å². The predicted octanol–water partition coefficient (Wildman–Crippen LogP) is 4.30. The molecule has 3 aliphatic rings. The molecule has 4 heteroatoms. The van der Waals surface area contributed by atoms with Gasteiger partial charge >= 0.3 is 5.97 Å². The van der Waals surface area contributed by atoms with Gasteiger partial charge in [0.25, 0.3) is 0 Å². The summed E-state index contributed by atoms with van der Waals surface area (Å²) in [5, 5.41) is 30.4. The Bertz CT molecular complexity index is 814. The highest BCUT2D eigenvalue weighted by Gasteiger charge is 2.45. The molecule has 162 valence electrons. The van der Waals surface area contributed by atoms with E-state index in [1.54, 1.807) is 0 Å². The zero-order valence-electron chi connectivity index (χ0n) is 17.8. The van der Waals surface area contributed by atoms with Crippen molar-refractivity contribution in [1.82, 2.24) is 0 Å². The number of carboxylic acid groups (broad SMARTS) is 1. The molecule has 30 heavy (non-hydrogen) atoms. The molecule has 0 aliphatic heterocycles. The van der Waals surface area contributed by atoms with Gasteiger partial charge < -0.3 is 15.3 Å². The standard InChI is InChI=1S/C26H34O4/c1-26(15-18-7-3-4-8-19(18)16-26)24(28)11-10-21-22-13-17(6-2-5-9-25(29)30)12-20(22)14-23(21)27/h3-4,6-8,10-11,20-24,27-28H,2,5,9,12-16H2,1H3,(H,29,30)/b11-10+,17-6+/t20?,21-,22?,23-,24-/m1/s1. The first-order valence-corrected chi connectivity index (χ1v) is 11.4. The van der Waals surface area contributed by atoms with Gasteiger partial charge in [0.2, 0.25) is 0 Å². The van der Waals surface area contributed by atoms with Crippen molar-refractivity contribution in [2.75, 3.05) is 0 Å². The number of benzene rings is 1. The molecule has 0 heterocycles. The van der Waals surface area contributed by atoms with Crippen molar-refractivity contribution < 1.29 is 20.1 Å². The van der Waals surface area contributed by atoms with E-state index in [2.05, 4.69) is 43.3 Å². The van der Waals surface area contributed by atoms with E-state index in [0.717, 1.165) is 38.5 Å². The maximum atomic E-state index is 11.0. The average molecular weight is 411 g/mol. The number of unbranched alkanes of at least 4 members (excludes halogenated alkanes) is 1. The topological polar surface area (TPSA) is 77.8 Å². The van der Waals surface area contributed by atoms with Gasteiger partial charge in [-0.3, -0.25) is 4.79 Å². The molecule has 1 aromatic rings. The van der Waals surface area contributed by atoms with Gasteiger partial charge in [-0.15, -0.1) is 0 Å². The van der Waals surface area contributed by atoms with E-state index in [4.69, 9.17) is 5.11 Å². The molecule has 1 aromatic carbocycles. The van der Waals surface area contributed by atoms with Crippen molar-refractivity contribution >= 4 is 5.97 Å². The summed E-state index contributed by atoms with van der Waals surface area (Å²) in [5.74, 6) is 0.302. The van der Waals surface area contributed by atoms with Crippen molar-refractivity contribution in [1.29, 1.82) is 0 Å². The average Bonchev–Trinajstić information content (AvgIpc) is 3.33. The van der Waals surface area contributed by atoms with Crippen molar-refractivity contribution in [3.63, 3.8) is 0 Å². The largest absolute Gasteiger partial charge is 0.481 e. The number of allylic oxidation sites excluding steroid dienone is 2. The summed E-state index contributed by atoms with van der Waals surface area (Å²) in [7, 11) is 0. The van der Waals surface area contributed by atoms with Gasteiger partial charge in [-0.25, -0.2) is 0 Å². The highest BCUT2D eigenvalue weighted by atomic mass is 16.4. The van der Waals surface area contributed by atoms with Crippen LogP contribution in [0.3, 0.4) is 0 Å². The Balaban J connectivity index is 1.36. The van der Waals surface area contributed by atoms with Gasteiger partial charge in [-0.1, -0.05) is 55.0 Å². The Morgan fingerprint density at radius 2 is 1.93 bits per heavy atom. The van der Waals surface area contributed by atoms with Crippen LogP contribution in [0.2, 0.25) is 0 Å². The summed E-state index contributed by atoms with van der Waals surface area (Å²) >= 11 is 0. The lowest BCUT2D eigenvalue weighted by molar-refractivity contribution is -0.137. The second-order valence-corrected chi connectivity index (χ2v) is 9.97. The van der Waals surface area contributed by atoms with Crippen LogP contribution in [-0.2, 0) is 17.6 Å². The summed E-state index contributed by atoms with van der Waals surface area (Å²) in [4.78, 5) is 10.7. The summed E-state index contributed by atoms with van der Waals surface area (Å²) < 4.78 is 0. The number of carboxylic acids is 1. The van der Waals surface area contributed by atoms with Gasteiger partial charge in [-0.05, 0) is 67.9 Å². The van der Waals surface area contributed by atoms with Crippen LogP contribution in [0.5, 0.6) is 0 Å². The number of carbonyl (C=O) groups is 1. The van der Waals surface area contributed by atoms with E-state index in [1.807, 2.05) is 6.08 Å². The summed E-state index contributed by atoms with van der Waals surface area (Å²) in [6.45, 7) is 2.16. The molecule has 0 aromatic heterocycles. The number of fused-ring (bicyclic) bond motifs is 2. The minimum Gasteiger partial charge on any atom is -0.481 e. The van der Waals surface area contributed by atoms with E-state index in [1.165, 1.54) is 16.7 Å². The normalized spacial score (nSPS) is 31.9. The van der Waals surface area contributed by atoms with Crippen molar-refractivity contribution in [2.24, 2.45) is 23.2 Å². The van der Waals surface area contributed by atoms with E-state index in [0.29, 0.717) is 18.3 Å². The number of aliphatic hydroxyl groups is 2. The first-order chi connectivity index (χ1) is 14.4. The van der Waals surface area contributed by atoms with Crippen LogP contribution in [0.25, 0.3) is 0 Å². The Kier molecular flexibility index (Phi) is 6.17. The summed E-state index contributed by atoms with van der Waals surface area (Å²) in [6.07, 6.45) is 11.7. The number of rotatable bonds is 7. The summed E-state index contributed by atoms with van der Waals surface area (Å²) in [5.41, 5.74) is 3.90. The van der Waals surface area contributed by atoms with Gasteiger partial charge in [-0.2, -0.15) is 0 Å². The molecule has 3 aliphatic carbocycles. The number of hydrogen-bond donors (Lipinski definition) is 3. The van der Waals surface area contributed by atoms with Crippen LogP contribution in [-0.4, -0.2) is 33.5 Å². The molecule has 5 atom stereocenters. The summed E-state index contributed by atoms with van der Waals surface area (Å²) in [6, 6.07) is 8.44. The first-order valence-electron chi connectivity index (χ1n) is 11.4. The predicted molar refractivity (Wildman–Crippen MR) is 117 cm³/mol. The van der Waals surface area contributed by atoms with Crippen LogP contribution in [0.4, 0.5) is 0 Å². The minimum atomic E-state index is -0.734. The maximum Gasteiger partial charge on any atom is 0.303 e. The molecule has 4 rings (SSSR count). The van der Waals surface area contributed by atoms with Crippen LogP contribution < -0.4 is 0 Å². The Morgan fingerprint density at radius 1 is 1.23 bits per heavy atom. The molecule has 0 spiro atoms. The Morgan fingerprint density at radius 3 is 2.60 bits per heavy atom. The van der Waals surface area contributed by atoms with Crippen molar-refractivity contribution in [2.45, 2.75) is 70.5 Å². The van der Waals surface area contributed by atoms with Crippen LogP contribution in [0.1, 0.15) is 56.6 Å². The second-order valence-electron chi connectivity index (χ2n) is 9.97. The lowest BCUT2D eigenvalue weighted by Gasteiger charge is -2.28. The third-order valence-electron chi connectivity index (χ3n) is 7.68. The van der Waals surface area contributed by atoms with Crippen LogP contribution >= 0.6 is 0 Å². The quantitative estimate of drug-likeness (QED) is 0.463. The molecule has 0 bridgehead atoms. The number of hydrogen-bond acceptors (Lipinski definition) is 3. The third-order valence-corrected chi connectivity index (χ3v) is 7.68. The third kappa shape index (κ3) is 4.40. The molecule has 2 fully saturated rings. The maximum absolute atomic E-state index is 11.0. The molecule has 0 saturated heterocycles. The van der Waals surface area contributed by atoms with E-state index < -0.39 is 12.1 Å². The molecule has 2 unspecified atom stereocenters. The Labute approximate surface area is 179 Å². The fourth-order valence-electron chi connectivity index (χ4n) is 6.01. The molecular weight excluding hydrogens is 376 g/mol. The highest BCUT2D eigenvalue weighted by molar-refractivity contribution is 5.66. The van der Waals surface area contributed by atoms with E-state index in [-0.39, 0.29) is 23.9 Å². The monoisotopic (exact) mass is 410 g/mol. The molecule has 0 amide bonds. The SMILES string of the molecule is CC1([C@H](O)/C=C/[C@@H]2C3C/C(=C/CCCC(=O)O)CC3C[C@H]2O)Cc2ccccc2C1. The van der Waals surface area contributed by atoms with Crippen molar-refractivity contribution in [3.05, 3.63) is 59.2 Å².